The highest BCUT2D eigenvalue weighted by Gasteiger charge is 2.60. The van der Waals surface area contributed by atoms with Crippen LogP contribution in [0.15, 0.2) is 60.7 Å². The maximum absolute atomic E-state index is 6.65. The van der Waals surface area contributed by atoms with E-state index < -0.39 is 0 Å². The van der Waals surface area contributed by atoms with Crippen molar-refractivity contribution < 1.29 is 4.74 Å². The van der Waals surface area contributed by atoms with E-state index in [-0.39, 0.29) is 17.1 Å². The number of benzene rings is 2. The van der Waals surface area contributed by atoms with E-state index in [1.165, 1.54) is 11.1 Å². The van der Waals surface area contributed by atoms with Gasteiger partial charge < -0.3 is 4.74 Å². The van der Waals surface area contributed by atoms with Crippen LogP contribution in [0.1, 0.15) is 31.9 Å². The summed E-state index contributed by atoms with van der Waals surface area (Å²) in [5, 5.41) is 0.414. The predicted molar refractivity (Wildman–Crippen MR) is 95.3 cm³/mol. The molecule has 0 N–H and O–H groups in total. The third-order valence-electron chi connectivity index (χ3n) is 4.50. The highest BCUT2D eigenvalue weighted by molar-refractivity contribution is 7.99. The van der Waals surface area contributed by atoms with Crippen molar-refractivity contribution in [3.63, 3.8) is 0 Å². The Morgan fingerprint density at radius 2 is 1.32 bits per heavy atom. The summed E-state index contributed by atoms with van der Waals surface area (Å²) >= 11 is 1.92. The Bertz CT molecular complexity index is 576. The standard InChI is InChI=1S/C20H24OS/c1-19(2,3)17-18(22-4)20(21-17,15-11-7-5-8-12-15)16-13-9-6-10-14-16/h5-14,17-18H,1-4H3. The van der Waals surface area contributed by atoms with Crippen LogP contribution in [-0.4, -0.2) is 17.6 Å². The van der Waals surface area contributed by atoms with Crippen molar-refractivity contribution in [1.82, 2.24) is 0 Å². The van der Waals surface area contributed by atoms with Crippen molar-refractivity contribution in [3.05, 3.63) is 71.8 Å². The van der Waals surface area contributed by atoms with E-state index >= 15 is 0 Å². The van der Waals surface area contributed by atoms with E-state index in [1.54, 1.807) is 0 Å². The van der Waals surface area contributed by atoms with Crippen LogP contribution in [0.4, 0.5) is 0 Å². The zero-order valence-electron chi connectivity index (χ0n) is 13.7. The molecule has 2 unspecified atom stereocenters. The molecule has 1 fully saturated rings. The number of ether oxygens (including phenoxy) is 1. The molecule has 1 saturated heterocycles. The summed E-state index contributed by atoms with van der Waals surface area (Å²) in [5.74, 6) is 0. The number of rotatable bonds is 3. The van der Waals surface area contributed by atoms with Gasteiger partial charge in [-0.3, -0.25) is 0 Å². The minimum Gasteiger partial charge on any atom is -0.359 e. The van der Waals surface area contributed by atoms with Crippen LogP contribution < -0.4 is 0 Å². The lowest BCUT2D eigenvalue weighted by molar-refractivity contribution is -0.216. The number of thioether (sulfide) groups is 1. The Hall–Kier alpha value is -1.25. The molecule has 0 radical (unpaired) electrons. The first-order valence-corrected chi connectivity index (χ1v) is 9.10. The zero-order chi connectivity index (χ0) is 15.8. The summed E-state index contributed by atoms with van der Waals surface area (Å²) in [4.78, 5) is 0. The van der Waals surface area contributed by atoms with E-state index in [4.69, 9.17) is 4.74 Å². The van der Waals surface area contributed by atoms with Crippen LogP contribution in [0, 0.1) is 5.41 Å². The summed E-state index contributed by atoms with van der Waals surface area (Å²) < 4.78 is 6.65. The Kier molecular flexibility index (Phi) is 4.09. The van der Waals surface area contributed by atoms with Gasteiger partial charge in [0, 0.05) is 0 Å². The molecule has 0 aliphatic carbocycles. The van der Waals surface area contributed by atoms with Crippen molar-refractivity contribution in [2.45, 2.75) is 37.7 Å². The van der Waals surface area contributed by atoms with Gasteiger partial charge in [0.1, 0.15) is 5.60 Å². The average molecular weight is 312 g/mol. The Balaban J connectivity index is 2.11. The van der Waals surface area contributed by atoms with Crippen LogP contribution in [-0.2, 0) is 10.3 Å². The fourth-order valence-electron chi connectivity index (χ4n) is 3.39. The van der Waals surface area contributed by atoms with Gasteiger partial charge in [0.05, 0.1) is 11.4 Å². The fraction of sp³-hybridized carbons (Fsp3) is 0.400. The molecule has 2 aromatic carbocycles. The SMILES string of the molecule is CSC1C(C(C)(C)C)OC1(c1ccccc1)c1ccccc1. The molecule has 1 heterocycles. The molecule has 2 aromatic rings. The third-order valence-corrected chi connectivity index (χ3v) is 5.59. The third kappa shape index (κ3) is 2.39. The lowest BCUT2D eigenvalue weighted by Crippen LogP contribution is -2.64. The summed E-state index contributed by atoms with van der Waals surface area (Å²) in [6.07, 6.45) is 2.45. The van der Waals surface area contributed by atoms with Crippen molar-refractivity contribution in [2.75, 3.05) is 6.26 Å². The smallest absolute Gasteiger partial charge is 0.133 e. The van der Waals surface area contributed by atoms with E-state index in [2.05, 4.69) is 87.7 Å². The summed E-state index contributed by atoms with van der Waals surface area (Å²) in [6, 6.07) is 21.3. The molecule has 0 bridgehead atoms. The van der Waals surface area contributed by atoms with E-state index in [1.807, 2.05) is 11.8 Å². The molecule has 3 rings (SSSR count). The van der Waals surface area contributed by atoms with Gasteiger partial charge in [-0.15, -0.1) is 0 Å². The highest BCUT2D eigenvalue weighted by Crippen LogP contribution is 2.56. The highest BCUT2D eigenvalue weighted by atomic mass is 32.2. The topological polar surface area (TPSA) is 9.23 Å². The molecule has 116 valence electrons. The summed E-state index contributed by atoms with van der Waals surface area (Å²) in [6.45, 7) is 6.79. The zero-order valence-corrected chi connectivity index (χ0v) is 14.6. The van der Waals surface area contributed by atoms with Crippen molar-refractivity contribution in [1.29, 1.82) is 0 Å². The molecule has 1 aliphatic rings. The van der Waals surface area contributed by atoms with Crippen molar-refractivity contribution >= 4 is 11.8 Å². The molecule has 2 heteroatoms. The van der Waals surface area contributed by atoms with E-state index in [9.17, 15) is 0 Å². The first-order chi connectivity index (χ1) is 10.5. The maximum Gasteiger partial charge on any atom is 0.133 e. The second kappa shape index (κ2) is 5.75. The quantitative estimate of drug-likeness (QED) is 0.779. The van der Waals surface area contributed by atoms with Gasteiger partial charge in [-0.1, -0.05) is 81.4 Å². The second-order valence-corrected chi connectivity index (χ2v) is 8.01. The predicted octanol–water partition coefficient (Wildman–Crippen LogP) is 5.11. The van der Waals surface area contributed by atoms with Gasteiger partial charge in [0.2, 0.25) is 0 Å². The Morgan fingerprint density at radius 1 is 0.864 bits per heavy atom. The summed E-state index contributed by atoms with van der Waals surface area (Å²) in [7, 11) is 0. The molecule has 0 saturated carbocycles. The van der Waals surface area contributed by atoms with Crippen LogP contribution in [0.5, 0.6) is 0 Å². The molecule has 1 aliphatic heterocycles. The van der Waals surface area contributed by atoms with Crippen molar-refractivity contribution in [2.24, 2.45) is 5.41 Å². The van der Waals surface area contributed by atoms with E-state index in [0.717, 1.165) is 0 Å². The van der Waals surface area contributed by atoms with Crippen LogP contribution >= 0.6 is 11.8 Å². The molecule has 0 aromatic heterocycles. The number of hydrogen-bond donors (Lipinski definition) is 0. The van der Waals surface area contributed by atoms with Gasteiger partial charge in [0.15, 0.2) is 0 Å². The minimum absolute atomic E-state index is 0.140. The molecular weight excluding hydrogens is 288 g/mol. The van der Waals surface area contributed by atoms with Gasteiger partial charge >= 0.3 is 0 Å². The van der Waals surface area contributed by atoms with Crippen LogP contribution in [0.3, 0.4) is 0 Å². The van der Waals surface area contributed by atoms with E-state index in [0.29, 0.717) is 5.25 Å². The van der Waals surface area contributed by atoms with Gasteiger partial charge in [-0.2, -0.15) is 11.8 Å². The molecular formula is C20H24OS. The van der Waals surface area contributed by atoms with Gasteiger partial charge in [0.25, 0.3) is 0 Å². The van der Waals surface area contributed by atoms with Crippen LogP contribution in [0.25, 0.3) is 0 Å². The van der Waals surface area contributed by atoms with Crippen molar-refractivity contribution in [3.8, 4) is 0 Å². The van der Waals surface area contributed by atoms with Gasteiger partial charge in [-0.05, 0) is 22.8 Å². The first kappa shape index (κ1) is 15.6. The molecule has 1 nitrogen and oxygen atoms in total. The molecule has 0 spiro atoms. The second-order valence-electron chi connectivity index (χ2n) is 7.03. The number of hydrogen-bond acceptors (Lipinski definition) is 2. The maximum atomic E-state index is 6.65. The molecule has 2 atom stereocenters. The molecule has 22 heavy (non-hydrogen) atoms. The van der Waals surface area contributed by atoms with Gasteiger partial charge in [-0.25, -0.2) is 0 Å². The largest absolute Gasteiger partial charge is 0.359 e. The lowest BCUT2D eigenvalue weighted by Gasteiger charge is -2.59. The Morgan fingerprint density at radius 3 is 1.68 bits per heavy atom. The monoisotopic (exact) mass is 312 g/mol. The fourth-order valence-corrected chi connectivity index (χ4v) is 4.76. The molecule has 0 amide bonds. The summed E-state index contributed by atoms with van der Waals surface area (Å²) in [5.41, 5.74) is 2.31. The minimum atomic E-state index is -0.333. The van der Waals surface area contributed by atoms with Crippen LogP contribution in [0.2, 0.25) is 0 Å². The normalized spacial score (nSPS) is 23.8. The Labute approximate surface area is 138 Å². The lowest BCUT2D eigenvalue weighted by atomic mass is 9.70. The average Bonchev–Trinajstić information content (AvgIpc) is 2.48. The first-order valence-electron chi connectivity index (χ1n) is 7.82.